The summed E-state index contributed by atoms with van der Waals surface area (Å²) in [7, 11) is 0. The molecule has 6 nitrogen and oxygen atoms in total. The molecule has 0 heterocycles. The Morgan fingerprint density at radius 1 is 1.17 bits per heavy atom. The van der Waals surface area contributed by atoms with Gasteiger partial charge >= 0.3 is 0 Å². The maximum Gasteiger partial charge on any atom is 0.273 e. The van der Waals surface area contributed by atoms with Crippen LogP contribution in [0.2, 0.25) is 0 Å². The number of hydrogen-bond acceptors (Lipinski definition) is 4. The number of nitro benzene ring substituents is 1. The number of primary amides is 1. The monoisotopic (exact) mass is 314 g/mol. The van der Waals surface area contributed by atoms with E-state index < -0.39 is 10.8 Å². The lowest BCUT2D eigenvalue weighted by Gasteiger charge is -2.15. The van der Waals surface area contributed by atoms with Crippen molar-refractivity contribution in [1.82, 2.24) is 0 Å². The summed E-state index contributed by atoms with van der Waals surface area (Å²) in [6.45, 7) is 5.54. The van der Waals surface area contributed by atoms with E-state index in [2.05, 4.69) is 0 Å². The van der Waals surface area contributed by atoms with Crippen LogP contribution in [0.3, 0.4) is 0 Å². The highest BCUT2D eigenvalue weighted by atomic mass is 16.6. The molecule has 0 radical (unpaired) electrons. The molecule has 0 saturated heterocycles. The molecule has 120 valence electrons. The van der Waals surface area contributed by atoms with Gasteiger partial charge in [-0.3, -0.25) is 14.9 Å². The standard InChI is InChI=1S/C17H18N2O4/c1-10-4-6-13(7-5-10)9-23-16-12(3)11(2)15(19(21)22)8-14(16)17(18)20/h4-8H,9H2,1-3H3,(H2,18,20). The smallest absolute Gasteiger partial charge is 0.273 e. The molecular formula is C17H18N2O4. The van der Waals surface area contributed by atoms with Crippen molar-refractivity contribution in [1.29, 1.82) is 0 Å². The predicted octanol–water partition coefficient (Wildman–Crippen LogP) is 3.20. The van der Waals surface area contributed by atoms with Crippen LogP contribution in [0.1, 0.15) is 32.6 Å². The van der Waals surface area contributed by atoms with E-state index in [0.717, 1.165) is 11.1 Å². The summed E-state index contributed by atoms with van der Waals surface area (Å²) >= 11 is 0. The molecule has 23 heavy (non-hydrogen) atoms. The largest absolute Gasteiger partial charge is 0.488 e. The van der Waals surface area contributed by atoms with Crippen LogP contribution in [-0.2, 0) is 6.61 Å². The highest BCUT2D eigenvalue weighted by Crippen LogP contribution is 2.33. The molecule has 0 fully saturated rings. The van der Waals surface area contributed by atoms with E-state index in [4.69, 9.17) is 10.5 Å². The maximum absolute atomic E-state index is 11.6. The molecule has 0 bridgehead atoms. The van der Waals surface area contributed by atoms with Gasteiger partial charge in [-0.05, 0) is 26.3 Å². The number of rotatable bonds is 5. The van der Waals surface area contributed by atoms with E-state index in [0.29, 0.717) is 16.9 Å². The predicted molar refractivity (Wildman–Crippen MR) is 86.6 cm³/mol. The molecule has 2 aromatic carbocycles. The van der Waals surface area contributed by atoms with Gasteiger partial charge in [0.2, 0.25) is 0 Å². The van der Waals surface area contributed by atoms with Crippen molar-refractivity contribution in [2.75, 3.05) is 0 Å². The van der Waals surface area contributed by atoms with Gasteiger partial charge in [0.1, 0.15) is 12.4 Å². The Morgan fingerprint density at radius 2 is 1.78 bits per heavy atom. The SMILES string of the molecule is Cc1ccc(COc2c(C(N)=O)cc([N+](=O)[O-])c(C)c2C)cc1. The second-order valence-corrected chi connectivity index (χ2v) is 5.42. The molecule has 0 atom stereocenters. The average molecular weight is 314 g/mol. The summed E-state index contributed by atoms with van der Waals surface area (Å²) in [4.78, 5) is 22.2. The Morgan fingerprint density at radius 3 is 2.30 bits per heavy atom. The van der Waals surface area contributed by atoms with Gasteiger partial charge < -0.3 is 10.5 Å². The van der Waals surface area contributed by atoms with Gasteiger partial charge in [-0.2, -0.15) is 0 Å². The number of nitrogens with two attached hydrogens (primary N) is 1. The average Bonchev–Trinajstić information content (AvgIpc) is 2.49. The molecule has 0 aromatic heterocycles. The van der Waals surface area contributed by atoms with E-state index >= 15 is 0 Å². The fourth-order valence-corrected chi connectivity index (χ4v) is 2.27. The van der Waals surface area contributed by atoms with Gasteiger partial charge in [0.15, 0.2) is 0 Å². The van der Waals surface area contributed by atoms with Gasteiger partial charge in [-0.15, -0.1) is 0 Å². The van der Waals surface area contributed by atoms with Gasteiger partial charge in [-0.1, -0.05) is 29.8 Å². The fourth-order valence-electron chi connectivity index (χ4n) is 2.27. The summed E-state index contributed by atoms with van der Waals surface area (Å²) in [5, 5.41) is 11.1. The van der Waals surface area contributed by atoms with E-state index in [1.165, 1.54) is 6.07 Å². The Kier molecular flexibility index (Phi) is 4.64. The molecule has 2 rings (SSSR count). The lowest BCUT2D eigenvalue weighted by atomic mass is 10.0. The Bertz CT molecular complexity index is 767. The Labute approximate surface area is 134 Å². The van der Waals surface area contributed by atoms with Crippen LogP contribution >= 0.6 is 0 Å². The molecular weight excluding hydrogens is 296 g/mol. The topological polar surface area (TPSA) is 95.5 Å². The third-order valence-electron chi connectivity index (χ3n) is 3.78. The van der Waals surface area contributed by atoms with Crippen molar-refractivity contribution in [2.45, 2.75) is 27.4 Å². The summed E-state index contributed by atoms with van der Waals surface area (Å²) in [5.41, 5.74) is 8.29. The van der Waals surface area contributed by atoms with E-state index in [1.807, 2.05) is 31.2 Å². The van der Waals surface area contributed by atoms with Crippen molar-refractivity contribution in [3.63, 3.8) is 0 Å². The zero-order valence-electron chi connectivity index (χ0n) is 13.3. The van der Waals surface area contributed by atoms with Crippen LogP contribution in [0.5, 0.6) is 5.75 Å². The molecule has 1 amide bonds. The van der Waals surface area contributed by atoms with Crippen molar-refractivity contribution in [3.05, 3.63) is 68.3 Å². The van der Waals surface area contributed by atoms with Crippen LogP contribution in [-0.4, -0.2) is 10.8 Å². The zero-order valence-corrected chi connectivity index (χ0v) is 13.3. The highest BCUT2D eigenvalue weighted by molar-refractivity contribution is 5.97. The van der Waals surface area contributed by atoms with Gasteiger partial charge in [0.25, 0.3) is 11.6 Å². The van der Waals surface area contributed by atoms with Crippen molar-refractivity contribution >= 4 is 11.6 Å². The van der Waals surface area contributed by atoms with E-state index in [-0.39, 0.29) is 17.9 Å². The second-order valence-electron chi connectivity index (χ2n) is 5.42. The third kappa shape index (κ3) is 3.48. The summed E-state index contributed by atoms with van der Waals surface area (Å²) in [6, 6.07) is 8.94. The highest BCUT2D eigenvalue weighted by Gasteiger charge is 2.23. The summed E-state index contributed by atoms with van der Waals surface area (Å²) in [6.07, 6.45) is 0. The molecule has 0 aliphatic rings. The summed E-state index contributed by atoms with van der Waals surface area (Å²) in [5.74, 6) is -0.462. The van der Waals surface area contributed by atoms with Crippen LogP contribution in [0.4, 0.5) is 5.69 Å². The number of carbonyl (C=O) groups is 1. The second kappa shape index (κ2) is 6.48. The minimum atomic E-state index is -0.755. The first-order valence-electron chi connectivity index (χ1n) is 7.08. The van der Waals surface area contributed by atoms with Crippen LogP contribution < -0.4 is 10.5 Å². The minimum Gasteiger partial charge on any atom is -0.488 e. The molecule has 0 unspecified atom stereocenters. The van der Waals surface area contributed by atoms with Crippen LogP contribution in [0.25, 0.3) is 0 Å². The molecule has 6 heteroatoms. The van der Waals surface area contributed by atoms with Crippen LogP contribution in [0.15, 0.2) is 30.3 Å². The normalized spacial score (nSPS) is 10.4. The van der Waals surface area contributed by atoms with E-state index in [9.17, 15) is 14.9 Å². The number of carbonyl (C=O) groups excluding carboxylic acids is 1. The number of amides is 1. The van der Waals surface area contributed by atoms with Crippen molar-refractivity contribution in [3.8, 4) is 5.75 Å². The lowest BCUT2D eigenvalue weighted by Crippen LogP contribution is -2.15. The first-order chi connectivity index (χ1) is 10.8. The number of benzene rings is 2. The minimum absolute atomic E-state index is 0.0203. The molecule has 0 spiro atoms. The molecule has 0 aliphatic heterocycles. The number of nitro groups is 1. The molecule has 0 aliphatic carbocycles. The first-order valence-corrected chi connectivity index (χ1v) is 7.08. The number of ether oxygens (including phenoxy) is 1. The summed E-state index contributed by atoms with van der Waals surface area (Å²) < 4.78 is 5.75. The molecule has 2 aromatic rings. The molecule has 2 N–H and O–H groups in total. The van der Waals surface area contributed by atoms with Crippen molar-refractivity contribution in [2.24, 2.45) is 5.73 Å². The Balaban J connectivity index is 2.40. The molecule has 0 saturated carbocycles. The fraction of sp³-hybridized carbons (Fsp3) is 0.235. The number of aryl methyl sites for hydroxylation is 1. The lowest BCUT2D eigenvalue weighted by molar-refractivity contribution is -0.385. The Hall–Kier alpha value is -2.89. The van der Waals surface area contributed by atoms with Crippen molar-refractivity contribution < 1.29 is 14.5 Å². The quantitative estimate of drug-likeness (QED) is 0.677. The zero-order chi connectivity index (χ0) is 17.1. The van der Waals surface area contributed by atoms with Gasteiger partial charge in [-0.25, -0.2) is 0 Å². The number of hydrogen-bond donors (Lipinski definition) is 1. The van der Waals surface area contributed by atoms with Gasteiger partial charge in [0, 0.05) is 17.2 Å². The first kappa shape index (κ1) is 16.5. The van der Waals surface area contributed by atoms with Gasteiger partial charge in [0.05, 0.1) is 10.5 Å². The number of nitrogens with zero attached hydrogens (tertiary/aromatic N) is 1. The van der Waals surface area contributed by atoms with E-state index in [1.54, 1.807) is 13.8 Å². The third-order valence-corrected chi connectivity index (χ3v) is 3.78. The van der Waals surface area contributed by atoms with Crippen LogP contribution in [0, 0.1) is 30.9 Å². The maximum atomic E-state index is 11.6.